The average Bonchev–Trinajstić information content (AvgIpc) is 2.57. The summed E-state index contributed by atoms with van der Waals surface area (Å²) in [6.07, 6.45) is 0.303. The number of carbonyl (C=O) groups excluding carboxylic acids is 2. The van der Waals surface area contributed by atoms with Crippen LogP contribution in [0.1, 0.15) is 30.6 Å². The van der Waals surface area contributed by atoms with Crippen molar-refractivity contribution in [1.82, 2.24) is 9.80 Å². The highest BCUT2D eigenvalue weighted by Crippen LogP contribution is 2.16. The number of benzene rings is 1. The van der Waals surface area contributed by atoms with Crippen LogP contribution < -0.4 is 0 Å². The lowest BCUT2D eigenvalue weighted by atomic mass is 10.0. The predicted octanol–water partition coefficient (Wildman–Crippen LogP) is 2.42. The highest BCUT2D eigenvalue weighted by Gasteiger charge is 2.31. The molecule has 2 amide bonds. The molecule has 0 aliphatic carbocycles. The zero-order valence-electron chi connectivity index (χ0n) is 13.3. The molecule has 22 heavy (non-hydrogen) atoms. The molecule has 120 valence electrons. The number of rotatable bonds is 5. The van der Waals surface area contributed by atoms with Crippen LogP contribution in [0.3, 0.4) is 0 Å². The summed E-state index contributed by atoms with van der Waals surface area (Å²) in [6.45, 7) is 6.77. The fourth-order valence-corrected chi connectivity index (χ4v) is 2.71. The van der Waals surface area contributed by atoms with E-state index in [0.29, 0.717) is 44.8 Å². The first-order valence-electron chi connectivity index (χ1n) is 7.88. The Morgan fingerprint density at radius 3 is 2.55 bits per heavy atom. The Hall–Kier alpha value is -1.88. The van der Waals surface area contributed by atoms with Gasteiger partial charge in [0.25, 0.3) is 0 Å². The number of ketones is 1. The van der Waals surface area contributed by atoms with E-state index >= 15 is 0 Å². The first kappa shape index (κ1) is 16.5. The van der Waals surface area contributed by atoms with Crippen molar-refractivity contribution in [1.29, 1.82) is 0 Å². The molecule has 1 aromatic rings. The van der Waals surface area contributed by atoms with Gasteiger partial charge >= 0.3 is 6.03 Å². The molecule has 5 nitrogen and oxygen atoms in total. The monoisotopic (exact) mass is 304 g/mol. The van der Waals surface area contributed by atoms with Crippen LogP contribution in [0.4, 0.5) is 4.79 Å². The van der Waals surface area contributed by atoms with Crippen molar-refractivity contribution < 1.29 is 14.3 Å². The van der Waals surface area contributed by atoms with E-state index in [2.05, 4.69) is 0 Å². The van der Waals surface area contributed by atoms with Gasteiger partial charge in [0, 0.05) is 31.6 Å². The minimum Gasteiger partial charge on any atom is -0.377 e. The molecule has 1 aliphatic heterocycles. The highest BCUT2D eigenvalue weighted by molar-refractivity contribution is 5.96. The Bertz CT molecular complexity index is 500. The summed E-state index contributed by atoms with van der Waals surface area (Å²) in [5.74, 6) is 0.0495. The van der Waals surface area contributed by atoms with E-state index in [4.69, 9.17) is 4.74 Å². The number of Topliss-reactive ketones (excluding diaryl/α,β-unsaturated/α-hetero) is 1. The van der Waals surface area contributed by atoms with Gasteiger partial charge in [-0.3, -0.25) is 4.79 Å². The zero-order chi connectivity index (χ0) is 15.9. The molecule has 0 saturated carbocycles. The van der Waals surface area contributed by atoms with E-state index < -0.39 is 0 Å². The van der Waals surface area contributed by atoms with Gasteiger partial charge in [-0.1, -0.05) is 30.3 Å². The molecule has 1 saturated heterocycles. The van der Waals surface area contributed by atoms with Crippen molar-refractivity contribution in [2.45, 2.75) is 26.3 Å². The summed E-state index contributed by atoms with van der Waals surface area (Å²) in [5, 5.41) is 0. The van der Waals surface area contributed by atoms with Gasteiger partial charge in [0.1, 0.15) is 0 Å². The van der Waals surface area contributed by atoms with Gasteiger partial charge in [-0.05, 0) is 13.8 Å². The van der Waals surface area contributed by atoms with Crippen molar-refractivity contribution in [2.75, 3.05) is 32.8 Å². The lowest BCUT2D eigenvalue weighted by molar-refractivity contribution is 0.00317. The Labute approximate surface area is 131 Å². The van der Waals surface area contributed by atoms with Crippen molar-refractivity contribution in [3.63, 3.8) is 0 Å². The quantitative estimate of drug-likeness (QED) is 0.785. The molecule has 1 heterocycles. The van der Waals surface area contributed by atoms with E-state index in [9.17, 15) is 9.59 Å². The van der Waals surface area contributed by atoms with Crippen LogP contribution in [0.25, 0.3) is 0 Å². The van der Waals surface area contributed by atoms with Gasteiger partial charge in [-0.2, -0.15) is 0 Å². The molecule has 0 bridgehead atoms. The summed E-state index contributed by atoms with van der Waals surface area (Å²) >= 11 is 0. The van der Waals surface area contributed by atoms with Gasteiger partial charge in [-0.25, -0.2) is 4.79 Å². The second kappa shape index (κ2) is 7.94. The van der Waals surface area contributed by atoms with E-state index in [-0.39, 0.29) is 17.9 Å². The number of nitrogens with zero attached hydrogens (tertiary/aromatic N) is 2. The minimum atomic E-state index is -0.186. The van der Waals surface area contributed by atoms with Crippen molar-refractivity contribution in [2.24, 2.45) is 0 Å². The lowest BCUT2D eigenvalue weighted by Gasteiger charge is -2.38. The first-order chi connectivity index (χ1) is 10.7. The number of hydrogen-bond donors (Lipinski definition) is 0. The molecule has 1 aliphatic rings. The maximum Gasteiger partial charge on any atom is 0.320 e. The van der Waals surface area contributed by atoms with Gasteiger partial charge in [0.05, 0.1) is 19.3 Å². The highest BCUT2D eigenvalue weighted by atomic mass is 16.5. The van der Waals surface area contributed by atoms with Crippen LogP contribution in [0, 0.1) is 0 Å². The topological polar surface area (TPSA) is 49.9 Å². The van der Waals surface area contributed by atoms with Gasteiger partial charge < -0.3 is 14.5 Å². The second-order valence-electron chi connectivity index (χ2n) is 5.37. The fourth-order valence-electron chi connectivity index (χ4n) is 2.71. The number of urea groups is 1. The molecule has 0 radical (unpaired) electrons. The third-order valence-corrected chi connectivity index (χ3v) is 4.02. The molecular weight excluding hydrogens is 280 g/mol. The number of carbonyl (C=O) groups is 2. The largest absolute Gasteiger partial charge is 0.377 e. The van der Waals surface area contributed by atoms with E-state index in [0.717, 1.165) is 0 Å². The zero-order valence-corrected chi connectivity index (χ0v) is 13.3. The maximum absolute atomic E-state index is 12.6. The number of hydrogen-bond acceptors (Lipinski definition) is 3. The molecule has 1 fully saturated rings. The number of ether oxygens (including phenoxy) is 1. The van der Waals surface area contributed by atoms with Crippen LogP contribution in [-0.2, 0) is 4.74 Å². The van der Waals surface area contributed by atoms with Gasteiger partial charge in [0.15, 0.2) is 5.78 Å². The Morgan fingerprint density at radius 2 is 1.91 bits per heavy atom. The number of amides is 2. The molecule has 0 aromatic heterocycles. The molecule has 1 atom stereocenters. The molecule has 5 heteroatoms. The van der Waals surface area contributed by atoms with Crippen LogP contribution >= 0.6 is 0 Å². The van der Waals surface area contributed by atoms with Crippen LogP contribution in [-0.4, -0.2) is 60.5 Å². The SMILES string of the molecule is CCN(CC)C(=O)N1CCOC[C@@H]1CC(=O)c1ccccc1. The van der Waals surface area contributed by atoms with Gasteiger partial charge in [-0.15, -0.1) is 0 Å². The van der Waals surface area contributed by atoms with Crippen molar-refractivity contribution >= 4 is 11.8 Å². The summed E-state index contributed by atoms with van der Waals surface area (Å²) < 4.78 is 5.48. The lowest BCUT2D eigenvalue weighted by Crippen LogP contribution is -2.54. The number of morpholine rings is 1. The smallest absolute Gasteiger partial charge is 0.320 e. The van der Waals surface area contributed by atoms with Crippen LogP contribution in [0.2, 0.25) is 0 Å². The second-order valence-corrected chi connectivity index (χ2v) is 5.37. The summed E-state index contributed by atoms with van der Waals surface area (Å²) in [5.41, 5.74) is 0.684. The van der Waals surface area contributed by atoms with Crippen LogP contribution in [0.15, 0.2) is 30.3 Å². The molecule has 1 aromatic carbocycles. The predicted molar refractivity (Wildman–Crippen MR) is 85.0 cm³/mol. The van der Waals surface area contributed by atoms with Crippen molar-refractivity contribution in [3.8, 4) is 0 Å². The van der Waals surface area contributed by atoms with Gasteiger partial charge in [0.2, 0.25) is 0 Å². The van der Waals surface area contributed by atoms with Crippen LogP contribution in [0.5, 0.6) is 0 Å². The Kier molecular flexibility index (Phi) is 5.95. The molecule has 0 unspecified atom stereocenters. The minimum absolute atomic E-state index is 0.000776. The summed E-state index contributed by atoms with van der Waals surface area (Å²) in [6, 6.07) is 9.02. The normalized spacial score (nSPS) is 18.1. The molecule has 2 rings (SSSR count). The molecular formula is C17H24N2O3. The Morgan fingerprint density at radius 1 is 1.23 bits per heavy atom. The van der Waals surface area contributed by atoms with Crippen molar-refractivity contribution in [3.05, 3.63) is 35.9 Å². The molecule has 0 spiro atoms. The van der Waals surface area contributed by atoms with E-state index in [1.807, 2.05) is 44.2 Å². The standard InChI is InChI=1S/C17H24N2O3/c1-3-18(4-2)17(21)19-10-11-22-13-15(19)12-16(20)14-8-6-5-7-9-14/h5-9,15H,3-4,10-13H2,1-2H3/t15-/m0/s1. The first-order valence-corrected chi connectivity index (χ1v) is 7.88. The molecule has 0 N–H and O–H groups in total. The third-order valence-electron chi connectivity index (χ3n) is 4.02. The average molecular weight is 304 g/mol. The third kappa shape index (κ3) is 3.85. The Balaban J connectivity index is 2.06. The maximum atomic E-state index is 12.6. The van der Waals surface area contributed by atoms with E-state index in [1.165, 1.54) is 0 Å². The van der Waals surface area contributed by atoms with E-state index in [1.54, 1.807) is 9.80 Å². The summed E-state index contributed by atoms with van der Waals surface area (Å²) in [4.78, 5) is 28.5. The fraction of sp³-hybridized carbons (Fsp3) is 0.529. The summed E-state index contributed by atoms with van der Waals surface area (Å²) in [7, 11) is 0.